The minimum absolute atomic E-state index is 0.153. The van der Waals surface area contributed by atoms with Crippen LogP contribution in [-0.2, 0) is 4.79 Å². The highest BCUT2D eigenvalue weighted by Crippen LogP contribution is 2.36. The average Bonchev–Trinajstić information content (AvgIpc) is 2.86. The van der Waals surface area contributed by atoms with Gasteiger partial charge >= 0.3 is 0 Å². The number of Topliss-reactive ketones (excluding diaryl/α,β-unsaturated/α-hetero) is 1. The first kappa shape index (κ1) is 13.6. The lowest BCUT2D eigenvalue weighted by Gasteiger charge is -2.45. The third-order valence-electron chi connectivity index (χ3n) is 5.53. The van der Waals surface area contributed by atoms with Crippen molar-refractivity contribution in [1.29, 1.82) is 0 Å². The highest BCUT2D eigenvalue weighted by Gasteiger charge is 2.41. The number of carbonyl (C=O) groups excluding carboxylic acids is 1. The molecule has 1 N–H and O–H groups in total. The summed E-state index contributed by atoms with van der Waals surface area (Å²) >= 11 is 0. The summed E-state index contributed by atoms with van der Waals surface area (Å²) in [5, 5.41) is 10.2. The van der Waals surface area contributed by atoms with Gasteiger partial charge in [-0.1, -0.05) is 12.8 Å². The molecular weight excluding hydrogens is 238 g/mol. The van der Waals surface area contributed by atoms with Gasteiger partial charge in [-0.3, -0.25) is 9.69 Å². The maximum Gasteiger partial charge on any atom is 0.137 e. The SMILES string of the molecule is O=C1CCCCC1C1CCCCN1C1CCCC1O. The molecule has 0 aromatic rings. The van der Waals surface area contributed by atoms with Gasteiger partial charge in [0.25, 0.3) is 0 Å². The molecule has 3 nitrogen and oxygen atoms in total. The predicted octanol–water partition coefficient (Wildman–Crippen LogP) is 2.51. The molecule has 0 bridgehead atoms. The Hall–Kier alpha value is -0.410. The van der Waals surface area contributed by atoms with E-state index in [0.717, 1.165) is 45.1 Å². The van der Waals surface area contributed by atoms with Crippen molar-refractivity contribution in [3.05, 3.63) is 0 Å². The van der Waals surface area contributed by atoms with Crippen molar-refractivity contribution in [2.24, 2.45) is 5.92 Å². The molecule has 3 heteroatoms. The molecule has 3 rings (SSSR count). The predicted molar refractivity (Wildman–Crippen MR) is 75.0 cm³/mol. The highest BCUT2D eigenvalue weighted by molar-refractivity contribution is 5.82. The van der Waals surface area contributed by atoms with Crippen LogP contribution in [0.5, 0.6) is 0 Å². The van der Waals surface area contributed by atoms with Gasteiger partial charge in [0.05, 0.1) is 6.10 Å². The number of aliphatic hydroxyl groups is 1. The van der Waals surface area contributed by atoms with E-state index in [1.54, 1.807) is 0 Å². The fraction of sp³-hybridized carbons (Fsp3) is 0.938. The van der Waals surface area contributed by atoms with Crippen LogP contribution in [0.4, 0.5) is 0 Å². The molecule has 1 saturated heterocycles. The lowest BCUT2D eigenvalue weighted by Crippen LogP contribution is -2.54. The van der Waals surface area contributed by atoms with Gasteiger partial charge < -0.3 is 5.11 Å². The van der Waals surface area contributed by atoms with E-state index in [-0.39, 0.29) is 12.0 Å². The van der Waals surface area contributed by atoms with Crippen molar-refractivity contribution in [2.45, 2.75) is 82.4 Å². The van der Waals surface area contributed by atoms with Crippen molar-refractivity contribution in [1.82, 2.24) is 4.90 Å². The first-order valence-electron chi connectivity index (χ1n) is 8.24. The first-order chi connectivity index (χ1) is 9.27. The van der Waals surface area contributed by atoms with E-state index in [9.17, 15) is 9.90 Å². The number of nitrogens with zero attached hydrogens (tertiary/aromatic N) is 1. The molecule has 1 heterocycles. The van der Waals surface area contributed by atoms with E-state index in [2.05, 4.69) is 4.90 Å². The molecule has 19 heavy (non-hydrogen) atoms. The summed E-state index contributed by atoms with van der Waals surface area (Å²) < 4.78 is 0. The zero-order valence-electron chi connectivity index (χ0n) is 11.9. The van der Waals surface area contributed by atoms with Crippen LogP contribution in [0.2, 0.25) is 0 Å². The second kappa shape index (κ2) is 5.92. The second-order valence-corrected chi connectivity index (χ2v) is 6.69. The Bertz CT molecular complexity index is 331. The fourth-order valence-electron chi connectivity index (χ4n) is 4.55. The number of likely N-dealkylation sites (tertiary alicyclic amines) is 1. The molecule has 2 saturated carbocycles. The zero-order valence-corrected chi connectivity index (χ0v) is 11.9. The number of hydrogen-bond donors (Lipinski definition) is 1. The van der Waals surface area contributed by atoms with Crippen LogP contribution in [0, 0.1) is 5.92 Å². The average molecular weight is 265 g/mol. The van der Waals surface area contributed by atoms with Gasteiger partial charge in [0.15, 0.2) is 0 Å². The Kier molecular flexibility index (Phi) is 4.23. The second-order valence-electron chi connectivity index (χ2n) is 6.69. The maximum atomic E-state index is 12.2. The van der Waals surface area contributed by atoms with Gasteiger partial charge in [0, 0.05) is 24.4 Å². The number of ketones is 1. The number of piperidine rings is 1. The van der Waals surface area contributed by atoms with E-state index in [1.165, 1.54) is 25.7 Å². The van der Waals surface area contributed by atoms with Crippen LogP contribution in [0.3, 0.4) is 0 Å². The molecule has 3 aliphatic rings. The Balaban J connectivity index is 1.74. The molecule has 108 valence electrons. The molecular formula is C16H27NO2. The monoisotopic (exact) mass is 265 g/mol. The third-order valence-corrected chi connectivity index (χ3v) is 5.53. The van der Waals surface area contributed by atoms with Gasteiger partial charge in [-0.25, -0.2) is 0 Å². The van der Waals surface area contributed by atoms with E-state index < -0.39 is 0 Å². The molecule has 2 aliphatic carbocycles. The lowest BCUT2D eigenvalue weighted by atomic mass is 9.78. The molecule has 4 atom stereocenters. The third kappa shape index (κ3) is 2.73. The van der Waals surface area contributed by atoms with Gasteiger partial charge in [-0.05, 0) is 51.5 Å². The summed E-state index contributed by atoms with van der Waals surface area (Å²) in [6, 6.07) is 0.763. The number of rotatable bonds is 2. The van der Waals surface area contributed by atoms with E-state index in [4.69, 9.17) is 0 Å². The van der Waals surface area contributed by atoms with Crippen LogP contribution in [-0.4, -0.2) is 40.5 Å². The normalized spacial score (nSPS) is 41.6. The van der Waals surface area contributed by atoms with Crippen LogP contribution in [0.25, 0.3) is 0 Å². The molecule has 0 amide bonds. The van der Waals surface area contributed by atoms with Crippen LogP contribution in [0.1, 0.15) is 64.2 Å². The molecule has 0 aromatic carbocycles. The number of carbonyl (C=O) groups is 1. The quantitative estimate of drug-likeness (QED) is 0.834. The van der Waals surface area contributed by atoms with Gasteiger partial charge in [0.1, 0.15) is 5.78 Å². The van der Waals surface area contributed by atoms with Crippen molar-refractivity contribution < 1.29 is 9.90 Å². The Morgan fingerprint density at radius 2 is 1.68 bits per heavy atom. The molecule has 1 aliphatic heterocycles. The van der Waals surface area contributed by atoms with Gasteiger partial charge in [-0.2, -0.15) is 0 Å². The van der Waals surface area contributed by atoms with Crippen LogP contribution < -0.4 is 0 Å². The van der Waals surface area contributed by atoms with Crippen LogP contribution in [0.15, 0.2) is 0 Å². The molecule has 3 fully saturated rings. The largest absolute Gasteiger partial charge is 0.391 e. The minimum Gasteiger partial charge on any atom is -0.391 e. The van der Waals surface area contributed by atoms with Crippen molar-refractivity contribution in [3.63, 3.8) is 0 Å². The topological polar surface area (TPSA) is 40.5 Å². The number of hydrogen-bond acceptors (Lipinski definition) is 3. The summed E-state index contributed by atoms with van der Waals surface area (Å²) in [6.07, 6.45) is 10.9. The fourth-order valence-corrected chi connectivity index (χ4v) is 4.55. The first-order valence-corrected chi connectivity index (χ1v) is 8.24. The Morgan fingerprint density at radius 1 is 0.895 bits per heavy atom. The highest BCUT2D eigenvalue weighted by atomic mass is 16.3. The summed E-state index contributed by atoms with van der Waals surface area (Å²) in [5.74, 6) is 0.762. The summed E-state index contributed by atoms with van der Waals surface area (Å²) in [5.41, 5.74) is 0. The van der Waals surface area contributed by atoms with E-state index >= 15 is 0 Å². The van der Waals surface area contributed by atoms with Crippen LogP contribution >= 0.6 is 0 Å². The Labute approximate surface area is 116 Å². The van der Waals surface area contributed by atoms with E-state index in [0.29, 0.717) is 17.9 Å². The number of aliphatic hydroxyl groups excluding tert-OH is 1. The van der Waals surface area contributed by atoms with Crippen molar-refractivity contribution >= 4 is 5.78 Å². The standard InChI is InChI=1S/C16H27NO2/c18-15-9-2-1-6-12(15)13-7-3-4-11-17(13)14-8-5-10-16(14)19/h12-14,16,19H,1-11H2. The molecule has 0 spiro atoms. The zero-order chi connectivity index (χ0) is 13.2. The molecule has 0 aromatic heterocycles. The summed E-state index contributed by atoms with van der Waals surface area (Å²) in [4.78, 5) is 14.8. The Morgan fingerprint density at radius 3 is 2.42 bits per heavy atom. The minimum atomic E-state index is -0.153. The summed E-state index contributed by atoms with van der Waals surface area (Å²) in [7, 11) is 0. The molecule has 0 radical (unpaired) electrons. The van der Waals surface area contributed by atoms with Gasteiger partial charge in [-0.15, -0.1) is 0 Å². The van der Waals surface area contributed by atoms with Crippen molar-refractivity contribution in [3.8, 4) is 0 Å². The maximum absolute atomic E-state index is 12.2. The van der Waals surface area contributed by atoms with E-state index in [1.807, 2.05) is 0 Å². The van der Waals surface area contributed by atoms with Gasteiger partial charge in [0.2, 0.25) is 0 Å². The smallest absolute Gasteiger partial charge is 0.137 e. The van der Waals surface area contributed by atoms with Crippen molar-refractivity contribution in [2.75, 3.05) is 6.54 Å². The summed E-state index contributed by atoms with van der Waals surface area (Å²) in [6.45, 7) is 1.09. The molecule has 4 unspecified atom stereocenters. The lowest BCUT2D eigenvalue weighted by molar-refractivity contribution is -0.129.